The molecule has 0 radical (unpaired) electrons. The zero-order valence-electron chi connectivity index (χ0n) is 11.8. The number of carbonyl (C=O) groups is 1. The topological polar surface area (TPSA) is 63.2 Å². The van der Waals surface area contributed by atoms with Gasteiger partial charge in [0.25, 0.3) is 0 Å². The monoisotopic (exact) mass is 307 g/mol. The van der Waals surface area contributed by atoms with Crippen molar-refractivity contribution in [2.75, 3.05) is 5.32 Å². The number of amides is 2. The molecule has 0 saturated carbocycles. The number of urea groups is 1. The van der Waals surface area contributed by atoms with Gasteiger partial charge in [-0.2, -0.15) is 8.78 Å². The molecule has 0 bridgehead atoms. The van der Waals surface area contributed by atoms with Crippen molar-refractivity contribution in [1.29, 1.82) is 0 Å². The number of hydrogen-bond donors (Lipinski definition) is 2. The van der Waals surface area contributed by atoms with E-state index in [1.807, 2.05) is 6.07 Å². The van der Waals surface area contributed by atoms with E-state index in [2.05, 4.69) is 20.4 Å². The molecule has 2 N–H and O–H groups in total. The van der Waals surface area contributed by atoms with Gasteiger partial charge in [-0.1, -0.05) is 18.2 Å². The lowest BCUT2D eigenvalue weighted by Crippen LogP contribution is -2.28. The van der Waals surface area contributed by atoms with Crippen LogP contribution < -0.4 is 15.4 Å². The van der Waals surface area contributed by atoms with Crippen LogP contribution in [0.25, 0.3) is 0 Å². The molecule has 0 unspecified atom stereocenters. The molecule has 0 saturated heterocycles. The molecule has 2 amide bonds. The third kappa shape index (κ3) is 4.41. The van der Waals surface area contributed by atoms with Gasteiger partial charge in [-0.05, 0) is 30.2 Å². The van der Waals surface area contributed by atoms with Crippen LogP contribution in [0.3, 0.4) is 0 Å². The Balaban J connectivity index is 2.02. The summed E-state index contributed by atoms with van der Waals surface area (Å²) in [6.07, 6.45) is 3.25. The summed E-state index contributed by atoms with van der Waals surface area (Å²) in [4.78, 5) is 15.8. The lowest BCUT2D eigenvalue weighted by atomic mass is 10.2. The maximum absolute atomic E-state index is 12.4. The molecule has 5 nitrogen and oxygen atoms in total. The number of para-hydroxylation sites is 1. The standard InChI is InChI=1S/C15H15F2N3O2/c1-10-4-2-6-12(22-14(16)17)13(10)20-15(21)19-9-11-5-3-7-18-8-11/h2-8,14H,9H2,1H3,(H2,19,20,21). The van der Waals surface area contributed by atoms with Crippen molar-refractivity contribution >= 4 is 11.7 Å². The number of aromatic nitrogens is 1. The Labute approximate surface area is 126 Å². The third-order valence-electron chi connectivity index (χ3n) is 2.87. The molecule has 116 valence electrons. The zero-order chi connectivity index (χ0) is 15.9. The van der Waals surface area contributed by atoms with E-state index in [0.29, 0.717) is 5.56 Å². The fourth-order valence-corrected chi connectivity index (χ4v) is 1.84. The number of pyridine rings is 1. The molecule has 2 aromatic rings. The lowest BCUT2D eigenvalue weighted by molar-refractivity contribution is -0.0493. The van der Waals surface area contributed by atoms with Gasteiger partial charge in [-0.25, -0.2) is 4.79 Å². The fraction of sp³-hybridized carbons (Fsp3) is 0.200. The molecule has 0 fully saturated rings. The first-order chi connectivity index (χ1) is 10.6. The van der Waals surface area contributed by atoms with Crippen LogP contribution in [0.4, 0.5) is 19.3 Å². The summed E-state index contributed by atoms with van der Waals surface area (Å²) in [5.41, 5.74) is 1.66. The van der Waals surface area contributed by atoms with Gasteiger partial charge in [-0.15, -0.1) is 0 Å². The first kappa shape index (κ1) is 15.7. The van der Waals surface area contributed by atoms with E-state index in [0.717, 1.165) is 5.56 Å². The average Bonchev–Trinajstić information content (AvgIpc) is 2.49. The van der Waals surface area contributed by atoms with Gasteiger partial charge in [0.1, 0.15) is 5.75 Å². The number of nitrogens with one attached hydrogen (secondary N) is 2. The van der Waals surface area contributed by atoms with Gasteiger partial charge in [0, 0.05) is 18.9 Å². The molecule has 0 aliphatic rings. The number of rotatable bonds is 5. The number of hydrogen-bond acceptors (Lipinski definition) is 3. The van der Waals surface area contributed by atoms with E-state index in [-0.39, 0.29) is 18.0 Å². The Bertz CT molecular complexity index is 636. The first-order valence-electron chi connectivity index (χ1n) is 6.54. The third-order valence-corrected chi connectivity index (χ3v) is 2.87. The molecule has 0 aliphatic carbocycles. The molecule has 1 heterocycles. The minimum Gasteiger partial charge on any atom is -0.433 e. The second-order valence-corrected chi connectivity index (χ2v) is 4.50. The molecular weight excluding hydrogens is 292 g/mol. The molecule has 2 rings (SSSR count). The summed E-state index contributed by atoms with van der Waals surface area (Å²) in [5, 5.41) is 5.15. The quantitative estimate of drug-likeness (QED) is 0.890. The second kappa shape index (κ2) is 7.35. The highest BCUT2D eigenvalue weighted by Gasteiger charge is 2.13. The van der Waals surface area contributed by atoms with Crippen LogP contribution in [0.1, 0.15) is 11.1 Å². The van der Waals surface area contributed by atoms with E-state index in [4.69, 9.17) is 0 Å². The van der Waals surface area contributed by atoms with Gasteiger partial charge in [0.05, 0.1) is 5.69 Å². The fourth-order valence-electron chi connectivity index (χ4n) is 1.84. The van der Waals surface area contributed by atoms with Gasteiger partial charge in [0.15, 0.2) is 0 Å². The molecule has 0 aliphatic heterocycles. The largest absolute Gasteiger partial charge is 0.433 e. The van der Waals surface area contributed by atoms with Gasteiger partial charge >= 0.3 is 12.6 Å². The summed E-state index contributed by atoms with van der Waals surface area (Å²) >= 11 is 0. The Morgan fingerprint density at radius 1 is 1.32 bits per heavy atom. The molecule has 0 atom stereocenters. The van der Waals surface area contributed by atoms with Gasteiger partial charge < -0.3 is 15.4 Å². The number of carbonyl (C=O) groups excluding carboxylic acids is 1. The Kier molecular flexibility index (Phi) is 5.24. The van der Waals surface area contributed by atoms with Crippen molar-refractivity contribution in [2.24, 2.45) is 0 Å². The highest BCUT2D eigenvalue weighted by atomic mass is 19.3. The lowest BCUT2D eigenvalue weighted by Gasteiger charge is -2.14. The van der Waals surface area contributed by atoms with Gasteiger partial charge in [0.2, 0.25) is 0 Å². The molecule has 1 aromatic heterocycles. The first-order valence-corrected chi connectivity index (χ1v) is 6.54. The van der Waals surface area contributed by atoms with Crippen LogP contribution in [0, 0.1) is 6.92 Å². The Morgan fingerprint density at radius 2 is 2.14 bits per heavy atom. The van der Waals surface area contributed by atoms with E-state index in [1.165, 1.54) is 6.07 Å². The minimum atomic E-state index is -2.96. The van der Waals surface area contributed by atoms with Crippen molar-refractivity contribution in [3.63, 3.8) is 0 Å². The summed E-state index contributed by atoms with van der Waals surface area (Å²) < 4.78 is 29.2. The van der Waals surface area contributed by atoms with Crippen molar-refractivity contribution < 1.29 is 18.3 Å². The summed E-state index contributed by atoms with van der Waals surface area (Å²) in [6, 6.07) is 7.69. The summed E-state index contributed by atoms with van der Waals surface area (Å²) in [6.45, 7) is -0.994. The van der Waals surface area contributed by atoms with Crippen LogP contribution in [-0.2, 0) is 6.54 Å². The van der Waals surface area contributed by atoms with Crippen LogP contribution in [0.2, 0.25) is 0 Å². The van der Waals surface area contributed by atoms with E-state index < -0.39 is 12.6 Å². The van der Waals surface area contributed by atoms with Crippen LogP contribution in [-0.4, -0.2) is 17.6 Å². The predicted molar refractivity (Wildman–Crippen MR) is 77.9 cm³/mol. The maximum Gasteiger partial charge on any atom is 0.387 e. The highest BCUT2D eigenvalue weighted by Crippen LogP contribution is 2.29. The highest BCUT2D eigenvalue weighted by molar-refractivity contribution is 5.91. The Hall–Kier alpha value is -2.70. The summed E-state index contributed by atoms with van der Waals surface area (Å²) in [7, 11) is 0. The number of benzene rings is 1. The van der Waals surface area contributed by atoms with E-state index in [1.54, 1.807) is 37.5 Å². The number of halogens is 2. The maximum atomic E-state index is 12.4. The van der Waals surface area contributed by atoms with Crippen molar-refractivity contribution in [3.8, 4) is 5.75 Å². The van der Waals surface area contributed by atoms with Gasteiger partial charge in [-0.3, -0.25) is 4.98 Å². The molecule has 0 spiro atoms. The Morgan fingerprint density at radius 3 is 2.82 bits per heavy atom. The SMILES string of the molecule is Cc1cccc(OC(F)F)c1NC(=O)NCc1cccnc1. The smallest absolute Gasteiger partial charge is 0.387 e. The molecule has 1 aromatic carbocycles. The van der Waals surface area contributed by atoms with Crippen molar-refractivity contribution in [2.45, 2.75) is 20.1 Å². The zero-order valence-corrected chi connectivity index (χ0v) is 11.8. The predicted octanol–water partition coefficient (Wildman–Crippen LogP) is 3.31. The summed E-state index contributed by atoms with van der Waals surface area (Å²) in [5.74, 6) is -0.0773. The second-order valence-electron chi connectivity index (χ2n) is 4.50. The van der Waals surface area contributed by atoms with Crippen LogP contribution >= 0.6 is 0 Å². The minimum absolute atomic E-state index is 0.0773. The number of ether oxygens (including phenoxy) is 1. The van der Waals surface area contributed by atoms with Crippen molar-refractivity contribution in [3.05, 3.63) is 53.9 Å². The number of alkyl halides is 2. The van der Waals surface area contributed by atoms with E-state index in [9.17, 15) is 13.6 Å². The average molecular weight is 307 g/mol. The number of aryl methyl sites for hydroxylation is 1. The van der Waals surface area contributed by atoms with Crippen molar-refractivity contribution in [1.82, 2.24) is 10.3 Å². The number of anilines is 1. The van der Waals surface area contributed by atoms with Crippen LogP contribution in [0.5, 0.6) is 5.75 Å². The van der Waals surface area contributed by atoms with Crippen LogP contribution in [0.15, 0.2) is 42.7 Å². The normalized spacial score (nSPS) is 10.4. The number of nitrogens with zero attached hydrogens (tertiary/aromatic N) is 1. The van der Waals surface area contributed by atoms with E-state index >= 15 is 0 Å². The molecule has 22 heavy (non-hydrogen) atoms. The molecular formula is C15H15F2N3O2. The molecule has 7 heteroatoms.